The number of aryl methyl sites for hydroxylation is 1. The summed E-state index contributed by atoms with van der Waals surface area (Å²) in [6.45, 7) is 4.53. The zero-order valence-electron chi connectivity index (χ0n) is 12.2. The summed E-state index contributed by atoms with van der Waals surface area (Å²) in [6, 6.07) is 5.80. The number of hydrogen-bond donors (Lipinski definition) is 0. The van der Waals surface area contributed by atoms with Crippen LogP contribution in [0.1, 0.15) is 37.4 Å². The maximum Gasteiger partial charge on any atom is 0.127 e. The standard InChI is InChI=1S/C16H20Cl2N2O/c1-11(17)16-19-14-9-13(18)5-6-15(14)20(16)7-2-8-21-10-12-3-4-12/h5-6,9,11-12H,2-4,7-8,10H2,1H3. The van der Waals surface area contributed by atoms with Crippen molar-refractivity contribution >= 4 is 34.2 Å². The number of imidazole rings is 1. The fourth-order valence-corrected chi connectivity index (χ4v) is 2.85. The molecule has 3 rings (SSSR count). The second-order valence-electron chi connectivity index (χ2n) is 5.74. The topological polar surface area (TPSA) is 27.1 Å². The summed E-state index contributed by atoms with van der Waals surface area (Å²) in [5.74, 6) is 1.72. The van der Waals surface area contributed by atoms with Gasteiger partial charge in [-0.1, -0.05) is 11.6 Å². The lowest BCUT2D eigenvalue weighted by Gasteiger charge is -2.10. The fourth-order valence-electron chi connectivity index (χ4n) is 2.52. The summed E-state index contributed by atoms with van der Waals surface area (Å²) in [6.07, 6.45) is 3.64. The average Bonchev–Trinajstić information content (AvgIpc) is 3.19. The molecule has 0 N–H and O–H groups in total. The first-order chi connectivity index (χ1) is 10.1. The van der Waals surface area contributed by atoms with Gasteiger partial charge in [-0.3, -0.25) is 0 Å². The molecule has 1 unspecified atom stereocenters. The molecule has 1 aliphatic rings. The minimum absolute atomic E-state index is 0.122. The fraction of sp³-hybridized carbons (Fsp3) is 0.562. The molecule has 0 spiro atoms. The predicted octanol–water partition coefficient (Wildman–Crippen LogP) is 4.81. The second-order valence-corrected chi connectivity index (χ2v) is 6.83. The average molecular weight is 327 g/mol. The highest BCUT2D eigenvalue weighted by molar-refractivity contribution is 6.31. The molecule has 1 heterocycles. The molecule has 0 radical (unpaired) electrons. The molecular formula is C16H20Cl2N2O. The summed E-state index contributed by atoms with van der Waals surface area (Å²) in [5.41, 5.74) is 1.99. The summed E-state index contributed by atoms with van der Waals surface area (Å²) in [4.78, 5) is 4.62. The van der Waals surface area contributed by atoms with E-state index in [1.54, 1.807) is 0 Å². The van der Waals surface area contributed by atoms with E-state index in [4.69, 9.17) is 27.9 Å². The van der Waals surface area contributed by atoms with E-state index in [0.29, 0.717) is 5.02 Å². The molecule has 21 heavy (non-hydrogen) atoms. The van der Waals surface area contributed by atoms with Crippen molar-refractivity contribution in [1.29, 1.82) is 0 Å². The number of rotatable bonds is 7. The molecule has 0 amide bonds. The lowest BCUT2D eigenvalue weighted by molar-refractivity contribution is 0.119. The number of benzene rings is 1. The van der Waals surface area contributed by atoms with Crippen molar-refractivity contribution in [3.8, 4) is 0 Å². The van der Waals surface area contributed by atoms with Crippen molar-refractivity contribution in [2.45, 2.75) is 38.1 Å². The Morgan fingerprint density at radius 2 is 2.24 bits per heavy atom. The van der Waals surface area contributed by atoms with E-state index in [9.17, 15) is 0 Å². The Morgan fingerprint density at radius 3 is 2.95 bits per heavy atom. The molecule has 1 fully saturated rings. The molecule has 1 aromatic heterocycles. The summed E-state index contributed by atoms with van der Waals surface area (Å²) in [7, 11) is 0. The summed E-state index contributed by atoms with van der Waals surface area (Å²) in [5, 5.41) is 0.581. The van der Waals surface area contributed by atoms with Crippen LogP contribution in [0.3, 0.4) is 0 Å². The van der Waals surface area contributed by atoms with Crippen LogP contribution in [0.25, 0.3) is 11.0 Å². The van der Waals surface area contributed by atoms with Gasteiger partial charge >= 0.3 is 0 Å². The number of halogens is 2. The highest BCUT2D eigenvalue weighted by atomic mass is 35.5. The van der Waals surface area contributed by atoms with Crippen LogP contribution in [-0.4, -0.2) is 22.8 Å². The van der Waals surface area contributed by atoms with Crippen molar-refractivity contribution in [3.63, 3.8) is 0 Å². The van der Waals surface area contributed by atoms with E-state index in [-0.39, 0.29) is 5.38 Å². The molecule has 0 bridgehead atoms. The Labute approximate surface area is 135 Å². The van der Waals surface area contributed by atoms with Gasteiger partial charge < -0.3 is 9.30 Å². The van der Waals surface area contributed by atoms with Gasteiger partial charge in [-0.2, -0.15) is 0 Å². The van der Waals surface area contributed by atoms with E-state index in [0.717, 1.165) is 49.0 Å². The molecule has 5 heteroatoms. The Bertz CT molecular complexity index is 620. The lowest BCUT2D eigenvalue weighted by Crippen LogP contribution is -2.08. The summed E-state index contributed by atoms with van der Waals surface area (Å²) < 4.78 is 7.88. The molecule has 114 valence electrons. The van der Waals surface area contributed by atoms with Crippen molar-refractivity contribution in [2.24, 2.45) is 5.92 Å². The minimum atomic E-state index is -0.122. The second kappa shape index (κ2) is 6.55. The van der Waals surface area contributed by atoms with Crippen molar-refractivity contribution in [1.82, 2.24) is 9.55 Å². The molecule has 1 atom stereocenters. The molecule has 0 saturated heterocycles. The third-order valence-electron chi connectivity index (χ3n) is 3.82. The van der Waals surface area contributed by atoms with Crippen molar-refractivity contribution in [2.75, 3.05) is 13.2 Å². The molecule has 1 aliphatic carbocycles. The van der Waals surface area contributed by atoms with Crippen LogP contribution in [0.15, 0.2) is 18.2 Å². The Balaban J connectivity index is 1.70. The van der Waals surface area contributed by atoms with Crippen LogP contribution < -0.4 is 0 Å². The normalized spacial score (nSPS) is 16.5. The number of ether oxygens (including phenoxy) is 1. The van der Waals surface area contributed by atoms with Gasteiger partial charge in [-0.25, -0.2) is 4.98 Å². The number of nitrogens with zero attached hydrogens (tertiary/aromatic N) is 2. The quantitative estimate of drug-likeness (QED) is 0.539. The van der Waals surface area contributed by atoms with Gasteiger partial charge in [-0.15, -0.1) is 11.6 Å². The number of alkyl halides is 1. The van der Waals surface area contributed by atoms with Gasteiger partial charge in [0.1, 0.15) is 5.82 Å². The first-order valence-electron chi connectivity index (χ1n) is 7.52. The van der Waals surface area contributed by atoms with Crippen LogP contribution in [-0.2, 0) is 11.3 Å². The van der Waals surface area contributed by atoms with Gasteiger partial charge in [0.25, 0.3) is 0 Å². The lowest BCUT2D eigenvalue weighted by atomic mass is 10.3. The van der Waals surface area contributed by atoms with E-state index in [1.807, 2.05) is 25.1 Å². The predicted molar refractivity (Wildman–Crippen MR) is 87.2 cm³/mol. The first-order valence-corrected chi connectivity index (χ1v) is 8.34. The van der Waals surface area contributed by atoms with Crippen molar-refractivity contribution < 1.29 is 4.74 Å². The number of fused-ring (bicyclic) bond motifs is 1. The Kier molecular flexibility index (Phi) is 4.72. The van der Waals surface area contributed by atoms with Crippen LogP contribution in [0, 0.1) is 5.92 Å². The SMILES string of the molecule is CC(Cl)c1nc2cc(Cl)ccc2n1CCCOCC1CC1. The zero-order valence-corrected chi connectivity index (χ0v) is 13.7. The van der Waals surface area contributed by atoms with Gasteiger partial charge in [0.15, 0.2) is 0 Å². The van der Waals surface area contributed by atoms with Gasteiger partial charge in [-0.05, 0) is 50.3 Å². The smallest absolute Gasteiger partial charge is 0.127 e. The summed E-state index contributed by atoms with van der Waals surface area (Å²) >= 11 is 12.3. The number of aromatic nitrogens is 2. The molecule has 0 aliphatic heterocycles. The van der Waals surface area contributed by atoms with E-state index in [1.165, 1.54) is 12.8 Å². The maximum absolute atomic E-state index is 6.26. The van der Waals surface area contributed by atoms with Crippen LogP contribution in [0.5, 0.6) is 0 Å². The van der Waals surface area contributed by atoms with Gasteiger partial charge in [0.05, 0.1) is 16.4 Å². The van der Waals surface area contributed by atoms with Gasteiger partial charge in [0.2, 0.25) is 0 Å². The molecule has 2 aromatic rings. The molecule has 1 aromatic carbocycles. The third-order valence-corrected chi connectivity index (χ3v) is 4.25. The van der Waals surface area contributed by atoms with E-state index in [2.05, 4.69) is 9.55 Å². The highest BCUT2D eigenvalue weighted by Crippen LogP contribution is 2.29. The minimum Gasteiger partial charge on any atom is -0.381 e. The largest absolute Gasteiger partial charge is 0.381 e. The monoisotopic (exact) mass is 326 g/mol. The number of hydrogen-bond acceptors (Lipinski definition) is 2. The first kappa shape index (κ1) is 15.1. The third kappa shape index (κ3) is 3.71. The van der Waals surface area contributed by atoms with Crippen molar-refractivity contribution in [3.05, 3.63) is 29.0 Å². The molecule has 3 nitrogen and oxygen atoms in total. The zero-order chi connectivity index (χ0) is 14.8. The van der Waals surface area contributed by atoms with E-state index >= 15 is 0 Å². The Morgan fingerprint density at radius 1 is 1.43 bits per heavy atom. The molecular weight excluding hydrogens is 307 g/mol. The molecule has 1 saturated carbocycles. The van der Waals surface area contributed by atoms with Crippen LogP contribution in [0.4, 0.5) is 0 Å². The van der Waals surface area contributed by atoms with E-state index < -0.39 is 0 Å². The maximum atomic E-state index is 6.26. The highest BCUT2D eigenvalue weighted by Gasteiger charge is 2.21. The van der Waals surface area contributed by atoms with Crippen LogP contribution >= 0.6 is 23.2 Å². The van der Waals surface area contributed by atoms with Gasteiger partial charge in [0, 0.05) is 24.8 Å². The Hall–Kier alpha value is -0.770. The van der Waals surface area contributed by atoms with Crippen LogP contribution in [0.2, 0.25) is 5.02 Å².